The lowest BCUT2D eigenvalue weighted by Gasteiger charge is -2.18. The van der Waals surface area contributed by atoms with Crippen LogP contribution in [0.1, 0.15) is 17.2 Å². The Morgan fingerprint density at radius 2 is 0.929 bits per heavy atom. The summed E-state index contributed by atoms with van der Waals surface area (Å²) in [5, 5.41) is 16.5. The molecule has 11 rings (SSSR count). The van der Waals surface area contributed by atoms with Gasteiger partial charge in [-0.25, -0.2) is 0 Å². The van der Waals surface area contributed by atoms with Crippen LogP contribution in [-0.2, 0) is 6.67 Å². The Morgan fingerprint density at radius 3 is 1.57 bits per heavy atom. The van der Waals surface area contributed by atoms with Crippen LogP contribution in [0.25, 0.3) is 87.3 Å². The van der Waals surface area contributed by atoms with Crippen molar-refractivity contribution in [2.24, 2.45) is 5.73 Å². The largest absolute Gasteiger partial charge is 0.367 e. The van der Waals surface area contributed by atoms with Gasteiger partial charge in [0, 0.05) is 54.5 Å². The average molecular weight is 719 g/mol. The second-order valence-corrected chi connectivity index (χ2v) is 14.6. The van der Waals surface area contributed by atoms with E-state index in [1.54, 1.807) is 0 Å². The van der Waals surface area contributed by atoms with Crippen molar-refractivity contribution in [3.05, 3.63) is 205 Å². The summed E-state index contributed by atoms with van der Waals surface area (Å²) in [6.07, 6.45) is 2.15. The fourth-order valence-electron chi connectivity index (χ4n) is 9.19. The topological polar surface area (TPSA) is 47.9 Å². The molecule has 4 heteroatoms. The van der Waals surface area contributed by atoms with Crippen LogP contribution in [0.15, 0.2) is 194 Å². The van der Waals surface area contributed by atoms with E-state index in [9.17, 15) is 0 Å². The number of nitrogens with zero attached hydrogens (tertiary/aromatic N) is 2. The Hall–Kier alpha value is -7.14. The fourth-order valence-corrected chi connectivity index (χ4v) is 9.19. The highest BCUT2D eigenvalue weighted by Crippen LogP contribution is 2.49. The van der Waals surface area contributed by atoms with Crippen LogP contribution in [0.2, 0.25) is 0 Å². The maximum atomic E-state index is 6.85. The van der Waals surface area contributed by atoms with E-state index in [1.807, 2.05) is 18.2 Å². The Labute approximate surface area is 324 Å². The molecular weight excluding hydrogens is 681 g/mol. The summed E-state index contributed by atoms with van der Waals surface area (Å²) in [6, 6.07) is 67.2. The molecule has 0 saturated carbocycles. The number of hydrogen-bond donors (Lipinski definition) is 2. The van der Waals surface area contributed by atoms with Gasteiger partial charge in [-0.3, -0.25) is 0 Å². The second kappa shape index (κ2) is 13.0. The lowest BCUT2D eigenvalue weighted by molar-refractivity contribution is 0.694. The van der Waals surface area contributed by atoms with Gasteiger partial charge in [-0.05, 0) is 52.2 Å². The van der Waals surface area contributed by atoms with Crippen molar-refractivity contribution in [3.8, 4) is 5.69 Å². The smallest absolute Gasteiger partial charge is 0.0926 e. The first-order valence-electron chi connectivity index (χ1n) is 19.3. The molecule has 3 N–H and O–H groups in total. The number of aromatic nitrogens is 2. The van der Waals surface area contributed by atoms with E-state index in [1.165, 1.54) is 75.9 Å². The Kier molecular flexibility index (Phi) is 7.51. The molecule has 1 unspecified atom stereocenters. The van der Waals surface area contributed by atoms with Crippen LogP contribution in [0.5, 0.6) is 0 Å². The predicted molar refractivity (Wildman–Crippen MR) is 237 cm³/mol. The second-order valence-electron chi connectivity index (χ2n) is 14.6. The number of rotatable bonds is 7. The van der Waals surface area contributed by atoms with Crippen LogP contribution in [0.4, 0.5) is 0 Å². The molecule has 9 aromatic carbocycles. The molecule has 0 bridgehead atoms. The summed E-state index contributed by atoms with van der Waals surface area (Å²) in [4.78, 5) is 0. The van der Waals surface area contributed by atoms with E-state index < -0.39 is 0 Å². The fraction of sp³-hybridized carbons (Fsp3) is 0.0385. The molecule has 266 valence electrons. The van der Waals surface area contributed by atoms with Gasteiger partial charge in [0.05, 0.1) is 34.8 Å². The van der Waals surface area contributed by atoms with Gasteiger partial charge in [-0.1, -0.05) is 164 Å². The Morgan fingerprint density at radius 1 is 0.464 bits per heavy atom. The minimum atomic E-state index is -0.270. The summed E-state index contributed by atoms with van der Waals surface area (Å²) in [5.41, 5.74) is 16.0. The van der Waals surface area contributed by atoms with Crippen LogP contribution in [0.3, 0.4) is 0 Å². The molecule has 0 aliphatic rings. The molecular formula is C52H38N4. The summed E-state index contributed by atoms with van der Waals surface area (Å²) in [6.45, 7) is 0.551. The monoisotopic (exact) mass is 718 g/mol. The van der Waals surface area contributed by atoms with E-state index in [2.05, 4.69) is 190 Å². The van der Waals surface area contributed by atoms with Crippen molar-refractivity contribution in [2.45, 2.75) is 12.7 Å². The summed E-state index contributed by atoms with van der Waals surface area (Å²) in [7, 11) is 0. The molecule has 0 fully saturated rings. The van der Waals surface area contributed by atoms with Crippen molar-refractivity contribution >= 4 is 81.6 Å². The van der Waals surface area contributed by atoms with E-state index in [4.69, 9.17) is 5.73 Å². The summed E-state index contributed by atoms with van der Waals surface area (Å²) < 4.78 is 4.94. The molecule has 0 aliphatic heterocycles. The van der Waals surface area contributed by atoms with E-state index in [0.717, 1.165) is 22.5 Å². The zero-order chi connectivity index (χ0) is 37.2. The molecule has 2 heterocycles. The van der Waals surface area contributed by atoms with Gasteiger partial charge in [0.25, 0.3) is 0 Å². The van der Waals surface area contributed by atoms with Gasteiger partial charge in [0.2, 0.25) is 0 Å². The number of hydrogen-bond acceptors (Lipinski definition) is 2. The third-order valence-corrected chi connectivity index (χ3v) is 11.6. The van der Waals surface area contributed by atoms with Crippen molar-refractivity contribution in [1.82, 2.24) is 14.5 Å². The highest BCUT2D eigenvalue weighted by molar-refractivity contribution is 6.45. The molecule has 0 spiro atoms. The number of nitrogens with two attached hydrogens (primary N) is 1. The molecule has 56 heavy (non-hydrogen) atoms. The van der Waals surface area contributed by atoms with Crippen LogP contribution >= 0.6 is 0 Å². The van der Waals surface area contributed by atoms with Crippen molar-refractivity contribution in [1.29, 1.82) is 0 Å². The Balaban J connectivity index is 1.25. The highest BCUT2D eigenvalue weighted by atomic mass is 15.1. The summed E-state index contributed by atoms with van der Waals surface area (Å²) in [5.74, 6) is 0. The van der Waals surface area contributed by atoms with Gasteiger partial charge >= 0.3 is 0 Å². The predicted octanol–water partition coefficient (Wildman–Crippen LogP) is 12.6. The van der Waals surface area contributed by atoms with Crippen LogP contribution in [0, 0.1) is 0 Å². The Bertz CT molecular complexity index is 3300. The first-order chi connectivity index (χ1) is 27.8. The minimum absolute atomic E-state index is 0.270. The minimum Gasteiger partial charge on any atom is -0.367 e. The normalized spacial score (nSPS) is 12.8. The molecule has 11 aromatic rings. The van der Waals surface area contributed by atoms with Gasteiger partial charge in [0.1, 0.15) is 0 Å². The van der Waals surface area contributed by atoms with Gasteiger partial charge in [-0.15, -0.1) is 0 Å². The third-order valence-electron chi connectivity index (χ3n) is 11.6. The van der Waals surface area contributed by atoms with Gasteiger partial charge < -0.3 is 20.2 Å². The molecule has 1 atom stereocenters. The van der Waals surface area contributed by atoms with Crippen LogP contribution in [-0.4, -0.2) is 9.13 Å². The maximum Gasteiger partial charge on any atom is 0.0926 e. The molecule has 0 amide bonds. The van der Waals surface area contributed by atoms with Gasteiger partial charge in [-0.2, -0.15) is 0 Å². The summed E-state index contributed by atoms with van der Waals surface area (Å²) >= 11 is 0. The first-order valence-corrected chi connectivity index (χ1v) is 19.3. The molecule has 2 aromatic heterocycles. The number of para-hydroxylation sites is 3. The molecule has 0 radical (unpaired) electrons. The maximum absolute atomic E-state index is 6.85. The molecule has 0 saturated heterocycles. The van der Waals surface area contributed by atoms with Crippen molar-refractivity contribution in [2.75, 3.05) is 0 Å². The van der Waals surface area contributed by atoms with Crippen molar-refractivity contribution < 1.29 is 0 Å². The zero-order valence-corrected chi connectivity index (χ0v) is 30.7. The number of nitrogens with one attached hydrogen (secondary N) is 1. The molecule has 4 nitrogen and oxygen atoms in total. The standard InChI is InChI=1S/C52H38N4/c53-43(34-18-4-1-5-19-34)32-44(35-20-6-2-7-21-35)54-33-55-45-30-16-14-28-41(45)49-47-38-25-11-13-27-40(38)52-50(48(47)37-24-10-12-26-39(37)51(49)55)42-29-15-17-31-46(42)56(52)36-22-8-3-9-23-36/h1-32,43,54H,33,53H2/b44-32-. The quantitative estimate of drug-likeness (QED) is 0.161. The molecule has 0 aliphatic carbocycles. The third kappa shape index (κ3) is 4.90. The number of fused-ring (bicyclic) bond motifs is 15. The van der Waals surface area contributed by atoms with Crippen LogP contribution < -0.4 is 11.1 Å². The lowest BCUT2D eigenvalue weighted by Crippen LogP contribution is -2.19. The average Bonchev–Trinajstić information content (AvgIpc) is 3.79. The van der Waals surface area contributed by atoms with E-state index >= 15 is 0 Å². The SMILES string of the molecule is NC(/C=C(\NCn1c2ccccc2c2c3c4ccccc4c4c(c5ccccc5n4-c4ccccc4)c3c3ccccc3c21)c1ccccc1)c1ccccc1. The lowest BCUT2D eigenvalue weighted by atomic mass is 9.89. The zero-order valence-electron chi connectivity index (χ0n) is 30.7. The van der Waals surface area contributed by atoms with E-state index in [-0.39, 0.29) is 6.04 Å². The van der Waals surface area contributed by atoms with Crippen molar-refractivity contribution in [3.63, 3.8) is 0 Å². The first kappa shape index (κ1) is 32.3. The number of benzene rings is 9. The van der Waals surface area contributed by atoms with E-state index in [0.29, 0.717) is 6.67 Å². The highest BCUT2D eigenvalue weighted by Gasteiger charge is 2.25. The van der Waals surface area contributed by atoms with Gasteiger partial charge in [0.15, 0.2) is 0 Å².